The Morgan fingerprint density at radius 2 is 1.89 bits per heavy atom. The number of hydrogen-bond acceptors (Lipinski definition) is 6. The standard InChI is InChI=1S/C21H17N3O2S/c1-24(2)16-9-7-14(8-10-16)12-22-21-23-18(13-27-21)17-11-15-5-3-4-6-19(15)26-20(17)25/h3-13H,1-2H3/b22-12+. The van der Waals surface area contributed by atoms with Crippen LogP contribution in [0.5, 0.6) is 0 Å². The minimum Gasteiger partial charge on any atom is -0.422 e. The molecule has 4 aromatic rings. The summed E-state index contributed by atoms with van der Waals surface area (Å²) in [4.78, 5) is 23.2. The Bertz CT molecular complexity index is 1170. The van der Waals surface area contributed by atoms with Gasteiger partial charge in [0.15, 0.2) is 0 Å². The van der Waals surface area contributed by atoms with Crippen LogP contribution < -0.4 is 10.5 Å². The lowest BCUT2D eigenvalue weighted by Gasteiger charge is -2.11. The van der Waals surface area contributed by atoms with Gasteiger partial charge in [-0.2, -0.15) is 0 Å². The van der Waals surface area contributed by atoms with Crippen molar-refractivity contribution in [3.63, 3.8) is 0 Å². The van der Waals surface area contributed by atoms with Crippen LogP contribution in [-0.4, -0.2) is 25.3 Å². The number of aromatic nitrogens is 1. The van der Waals surface area contributed by atoms with Crippen LogP contribution in [0.4, 0.5) is 10.8 Å². The smallest absolute Gasteiger partial charge is 0.345 e. The lowest BCUT2D eigenvalue weighted by molar-refractivity contribution is 0.563. The topological polar surface area (TPSA) is 58.7 Å². The van der Waals surface area contributed by atoms with E-state index in [1.807, 2.05) is 72.9 Å². The zero-order valence-electron chi connectivity index (χ0n) is 14.9. The molecule has 0 aliphatic heterocycles. The van der Waals surface area contributed by atoms with Gasteiger partial charge in [0.1, 0.15) is 5.58 Å². The highest BCUT2D eigenvalue weighted by Gasteiger charge is 2.11. The van der Waals surface area contributed by atoms with E-state index in [-0.39, 0.29) is 0 Å². The molecule has 2 heterocycles. The third-order valence-corrected chi connectivity index (χ3v) is 4.89. The number of hydrogen-bond donors (Lipinski definition) is 0. The van der Waals surface area contributed by atoms with Crippen LogP contribution >= 0.6 is 11.3 Å². The summed E-state index contributed by atoms with van der Waals surface area (Å²) in [5, 5.41) is 3.28. The number of benzene rings is 2. The molecule has 0 spiro atoms. The average Bonchev–Trinajstić information content (AvgIpc) is 3.15. The molecule has 6 heteroatoms. The van der Waals surface area contributed by atoms with Gasteiger partial charge in [-0.15, -0.1) is 11.3 Å². The monoisotopic (exact) mass is 375 g/mol. The second-order valence-corrected chi connectivity index (χ2v) is 7.08. The molecule has 0 saturated carbocycles. The first-order valence-corrected chi connectivity index (χ1v) is 9.28. The van der Waals surface area contributed by atoms with E-state index in [2.05, 4.69) is 9.98 Å². The van der Waals surface area contributed by atoms with Crippen LogP contribution in [0.15, 0.2) is 74.2 Å². The molecule has 5 nitrogen and oxygen atoms in total. The highest BCUT2D eigenvalue weighted by Crippen LogP contribution is 2.26. The van der Waals surface area contributed by atoms with Gasteiger partial charge in [0.25, 0.3) is 0 Å². The highest BCUT2D eigenvalue weighted by atomic mass is 32.1. The number of fused-ring (bicyclic) bond motifs is 1. The third-order valence-electron chi connectivity index (χ3n) is 4.14. The molecule has 0 aliphatic rings. The Hall–Kier alpha value is -3.25. The summed E-state index contributed by atoms with van der Waals surface area (Å²) in [6, 6.07) is 17.3. The van der Waals surface area contributed by atoms with Crippen LogP contribution in [0.1, 0.15) is 5.56 Å². The number of nitrogens with zero attached hydrogens (tertiary/aromatic N) is 3. The van der Waals surface area contributed by atoms with Gasteiger partial charge in [0, 0.05) is 36.8 Å². The summed E-state index contributed by atoms with van der Waals surface area (Å²) in [5.41, 5.74) is 3.32. The molecule has 2 aromatic carbocycles. The minimum atomic E-state index is -0.395. The van der Waals surface area contributed by atoms with E-state index >= 15 is 0 Å². The van der Waals surface area contributed by atoms with Crippen molar-refractivity contribution in [1.82, 2.24) is 4.98 Å². The van der Waals surface area contributed by atoms with Crippen LogP contribution in [-0.2, 0) is 0 Å². The first-order valence-electron chi connectivity index (χ1n) is 8.40. The van der Waals surface area contributed by atoms with Crippen molar-refractivity contribution in [2.24, 2.45) is 4.99 Å². The molecule has 0 fully saturated rings. The van der Waals surface area contributed by atoms with Crippen LogP contribution in [0.2, 0.25) is 0 Å². The molecule has 0 saturated heterocycles. The van der Waals surface area contributed by atoms with E-state index in [9.17, 15) is 4.79 Å². The summed E-state index contributed by atoms with van der Waals surface area (Å²) in [6.45, 7) is 0. The molecular formula is C21H17N3O2S. The molecule has 0 aliphatic carbocycles. The summed E-state index contributed by atoms with van der Waals surface area (Å²) in [5.74, 6) is 0. The van der Waals surface area contributed by atoms with Crippen molar-refractivity contribution in [1.29, 1.82) is 0 Å². The molecule has 134 valence electrons. The van der Waals surface area contributed by atoms with Crippen molar-refractivity contribution < 1.29 is 4.42 Å². The van der Waals surface area contributed by atoms with E-state index < -0.39 is 5.63 Å². The van der Waals surface area contributed by atoms with Crippen molar-refractivity contribution >= 4 is 39.3 Å². The quantitative estimate of drug-likeness (QED) is 0.382. The second-order valence-electron chi connectivity index (χ2n) is 6.24. The fourth-order valence-corrected chi connectivity index (χ4v) is 3.34. The number of anilines is 1. The molecule has 0 atom stereocenters. The Kier molecular flexibility index (Phi) is 4.56. The fourth-order valence-electron chi connectivity index (χ4n) is 2.68. The predicted octanol–water partition coefficient (Wildman–Crippen LogP) is 4.73. The molecule has 0 bridgehead atoms. The maximum atomic E-state index is 12.3. The van der Waals surface area contributed by atoms with E-state index in [4.69, 9.17) is 4.42 Å². The van der Waals surface area contributed by atoms with E-state index in [0.717, 1.165) is 16.6 Å². The van der Waals surface area contributed by atoms with Crippen molar-refractivity contribution in [2.45, 2.75) is 0 Å². The Morgan fingerprint density at radius 3 is 2.67 bits per heavy atom. The van der Waals surface area contributed by atoms with Gasteiger partial charge in [-0.05, 0) is 29.8 Å². The fraction of sp³-hybridized carbons (Fsp3) is 0.0952. The van der Waals surface area contributed by atoms with E-state index in [0.29, 0.717) is 22.0 Å². The lowest BCUT2D eigenvalue weighted by atomic mass is 10.1. The van der Waals surface area contributed by atoms with Gasteiger partial charge < -0.3 is 9.32 Å². The summed E-state index contributed by atoms with van der Waals surface area (Å²) >= 11 is 1.39. The average molecular weight is 375 g/mol. The molecule has 2 aromatic heterocycles. The Balaban J connectivity index is 1.60. The molecule has 0 amide bonds. The predicted molar refractivity (Wildman–Crippen MR) is 112 cm³/mol. The zero-order valence-corrected chi connectivity index (χ0v) is 15.7. The maximum absolute atomic E-state index is 12.3. The van der Waals surface area contributed by atoms with Crippen LogP contribution in [0, 0.1) is 0 Å². The van der Waals surface area contributed by atoms with Crippen LogP contribution in [0.3, 0.4) is 0 Å². The normalized spacial score (nSPS) is 11.3. The molecular weight excluding hydrogens is 358 g/mol. The highest BCUT2D eigenvalue weighted by molar-refractivity contribution is 7.13. The molecule has 4 rings (SSSR count). The Labute approximate surface area is 160 Å². The van der Waals surface area contributed by atoms with Gasteiger partial charge >= 0.3 is 5.63 Å². The molecule has 0 unspecified atom stereocenters. The summed E-state index contributed by atoms with van der Waals surface area (Å²) in [7, 11) is 4.01. The first kappa shape index (κ1) is 17.2. The maximum Gasteiger partial charge on any atom is 0.345 e. The van der Waals surface area contributed by atoms with Gasteiger partial charge in [-0.25, -0.2) is 14.8 Å². The van der Waals surface area contributed by atoms with Gasteiger partial charge in [0.2, 0.25) is 5.13 Å². The largest absolute Gasteiger partial charge is 0.422 e. The zero-order chi connectivity index (χ0) is 18.8. The van der Waals surface area contributed by atoms with Gasteiger partial charge in [-0.3, -0.25) is 0 Å². The molecule has 0 radical (unpaired) electrons. The summed E-state index contributed by atoms with van der Waals surface area (Å²) < 4.78 is 5.38. The summed E-state index contributed by atoms with van der Waals surface area (Å²) in [6.07, 6.45) is 1.77. The number of thiazole rings is 1. The first-order chi connectivity index (χ1) is 13.1. The van der Waals surface area contributed by atoms with Crippen molar-refractivity contribution in [3.8, 4) is 11.3 Å². The second kappa shape index (κ2) is 7.17. The lowest BCUT2D eigenvalue weighted by Crippen LogP contribution is -2.08. The number of rotatable bonds is 4. The van der Waals surface area contributed by atoms with Gasteiger partial charge in [0.05, 0.1) is 11.3 Å². The van der Waals surface area contributed by atoms with E-state index in [1.165, 1.54) is 11.3 Å². The minimum absolute atomic E-state index is 0.395. The van der Waals surface area contributed by atoms with Crippen molar-refractivity contribution in [2.75, 3.05) is 19.0 Å². The van der Waals surface area contributed by atoms with Crippen LogP contribution in [0.25, 0.3) is 22.2 Å². The SMILES string of the molecule is CN(C)c1ccc(/C=N/c2nc(-c3cc4ccccc4oc3=O)cs2)cc1. The molecule has 0 N–H and O–H groups in total. The van der Waals surface area contributed by atoms with Crippen molar-refractivity contribution in [3.05, 3.63) is 76.0 Å². The third kappa shape index (κ3) is 3.66. The molecule has 27 heavy (non-hydrogen) atoms. The number of para-hydroxylation sites is 1. The van der Waals surface area contributed by atoms with Gasteiger partial charge in [-0.1, -0.05) is 30.3 Å². The van der Waals surface area contributed by atoms with E-state index in [1.54, 1.807) is 12.3 Å². The Morgan fingerprint density at radius 1 is 1.11 bits per heavy atom. The number of aliphatic imine (C=N–C) groups is 1.